The second kappa shape index (κ2) is 2.42. The number of carbonyl (C=O) groups is 2. The first-order valence-electron chi connectivity index (χ1n) is 2.41. The van der Waals surface area contributed by atoms with E-state index in [-0.39, 0.29) is 6.61 Å². The van der Waals surface area contributed by atoms with Crippen molar-refractivity contribution >= 4 is 12.3 Å². The number of carbonyl (C=O) groups excluding carboxylic acids is 1. The summed E-state index contributed by atoms with van der Waals surface area (Å²) in [4.78, 5) is 19.9. The van der Waals surface area contributed by atoms with E-state index >= 15 is 0 Å². The summed E-state index contributed by atoms with van der Waals surface area (Å²) in [6.07, 6.45) is -3.51. The van der Waals surface area contributed by atoms with Gasteiger partial charge in [0.25, 0.3) is 6.29 Å². The van der Waals surface area contributed by atoms with Gasteiger partial charge in [-0.05, 0) is 0 Å². The molecule has 0 radical (unpaired) electrons. The molecule has 0 aliphatic carbocycles. The van der Waals surface area contributed by atoms with Crippen molar-refractivity contribution in [1.29, 1.82) is 0 Å². The van der Waals surface area contributed by atoms with Gasteiger partial charge in [0.15, 0.2) is 6.61 Å². The van der Waals surface area contributed by atoms with Crippen molar-refractivity contribution in [3.63, 3.8) is 0 Å². The summed E-state index contributed by atoms with van der Waals surface area (Å²) in [6.45, 7) is -0.175. The van der Waals surface area contributed by atoms with E-state index in [4.69, 9.17) is 5.11 Å². The highest BCUT2D eigenvalue weighted by Gasteiger charge is 2.27. The van der Waals surface area contributed by atoms with Crippen LogP contribution < -0.4 is 0 Å². The maximum absolute atomic E-state index is 10.1. The van der Waals surface area contributed by atoms with E-state index in [9.17, 15) is 9.59 Å². The number of carboxylic acid groups (broad SMARTS) is 1. The van der Waals surface area contributed by atoms with Gasteiger partial charge in [-0.15, -0.1) is 0 Å². The van der Waals surface area contributed by atoms with Gasteiger partial charge in [-0.3, -0.25) is 0 Å². The highest BCUT2D eigenvalue weighted by Crippen LogP contribution is 2.06. The summed E-state index contributed by atoms with van der Waals surface area (Å²) >= 11 is 0. The third-order valence-electron chi connectivity index (χ3n) is 0.797. The van der Waals surface area contributed by atoms with Crippen LogP contribution in [0.25, 0.3) is 0 Å². The average Bonchev–Trinajstić information content (AvgIpc) is 2.13. The van der Waals surface area contributed by atoms with Crippen molar-refractivity contribution < 1.29 is 28.9 Å². The van der Waals surface area contributed by atoms with Gasteiger partial charge < -0.3 is 19.3 Å². The van der Waals surface area contributed by atoms with E-state index in [0.29, 0.717) is 0 Å². The van der Waals surface area contributed by atoms with Gasteiger partial charge in [-0.25, -0.2) is 9.59 Å². The van der Waals surface area contributed by atoms with Crippen molar-refractivity contribution in [2.75, 3.05) is 6.61 Å². The first-order chi connectivity index (χ1) is 4.68. The average molecular weight is 148 g/mol. The fourth-order valence-corrected chi connectivity index (χ4v) is 0.482. The van der Waals surface area contributed by atoms with Crippen LogP contribution in [0.15, 0.2) is 0 Å². The molecule has 1 heterocycles. The van der Waals surface area contributed by atoms with Crippen molar-refractivity contribution in [2.45, 2.75) is 6.29 Å². The Morgan fingerprint density at radius 3 is 2.90 bits per heavy atom. The Labute approximate surface area is 55.3 Å². The van der Waals surface area contributed by atoms with Crippen LogP contribution in [0.5, 0.6) is 0 Å². The Morgan fingerprint density at radius 1 is 1.80 bits per heavy atom. The van der Waals surface area contributed by atoms with E-state index in [1.165, 1.54) is 0 Å². The fourth-order valence-electron chi connectivity index (χ4n) is 0.482. The molecular weight excluding hydrogens is 144 g/mol. The highest BCUT2D eigenvalue weighted by atomic mass is 16.9. The normalized spacial score (nSPS) is 23.2. The fraction of sp³-hybridized carbons (Fsp3) is 0.500. The summed E-state index contributed by atoms with van der Waals surface area (Å²) in [6, 6.07) is 0. The third-order valence-corrected chi connectivity index (χ3v) is 0.797. The summed E-state index contributed by atoms with van der Waals surface area (Å²) in [5.74, 6) is 0. The quantitative estimate of drug-likeness (QED) is 0.534. The lowest BCUT2D eigenvalue weighted by Gasteiger charge is -2.02. The molecule has 10 heavy (non-hydrogen) atoms. The monoisotopic (exact) mass is 148 g/mol. The van der Waals surface area contributed by atoms with Crippen LogP contribution in [-0.4, -0.2) is 30.3 Å². The zero-order chi connectivity index (χ0) is 7.56. The predicted octanol–water partition coefficient (Wildman–Crippen LogP) is 0.174. The molecule has 1 fully saturated rings. The Morgan fingerprint density at radius 2 is 2.50 bits per heavy atom. The van der Waals surface area contributed by atoms with Crippen LogP contribution in [0.1, 0.15) is 0 Å². The highest BCUT2D eigenvalue weighted by molar-refractivity contribution is 5.62. The molecule has 0 saturated carbocycles. The molecule has 1 aliphatic heterocycles. The van der Waals surface area contributed by atoms with Gasteiger partial charge in [0.1, 0.15) is 0 Å². The Kier molecular flexibility index (Phi) is 1.61. The number of hydrogen-bond donors (Lipinski definition) is 1. The number of hydrogen-bond acceptors (Lipinski definition) is 5. The lowest BCUT2D eigenvalue weighted by Crippen LogP contribution is -2.18. The minimum absolute atomic E-state index is 0.175. The SMILES string of the molecule is O=C(O)OC1COC(=O)O1. The van der Waals surface area contributed by atoms with E-state index in [1.807, 2.05) is 0 Å². The van der Waals surface area contributed by atoms with Gasteiger partial charge in [-0.2, -0.15) is 0 Å². The number of rotatable bonds is 1. The molecule has 0 spiro atoms. The molecule has 1 aliphatic rings. The van der Waals surface area contributed by atoms with Crippen LogP contribution in [0.4, 0.5) is 9.59 Å². The van der Waals surface area contributed by atoms with Crippen LogP contribution in [0.3, 0.4) is 0 Å². The van der Waals surface area contributed by atoms with Gasteiger partial charge in [0, 0.05) is 0 Å². The molecule has 0 aromatic rings. The standard InChI is InChI=1S/C4H4O6/c5-3(6)9-2-1-8-4(7)10-2/h2H,1H2,(H,5,6). The van der Waals surface area contributed by atoms with Gasteiger partial charge in [0.05, 0.1) is 0 Å². The van der Waals surface area contributed by atoms with Crippen LogP contribution in [-0.2, 0) is 14.2 Å². The molecule has 56 valence electrons. The van der Waals surface area contributed by atoms with E-state index < -0.39 is 18.6 Å². The largest absolute Gasteiger partial charge is 0.511 e. The van der Waals surface area contributed by atoms with Crippen LogP contribution in [0.2, 0.25) is 0 Å². The zero-order valence-corrected chi connectivity index (χ0v) is 4.77. The molecule has 0 aromatic carbocycles. The Bertz CT molecular complexity index is 163. The molecule has 0 aromatic heterocycles. The maximum atomic E-state index is 10.1. The van der Waals surface area contributed by atoms with Crippen LogP contribution >= 0.6 is 0 Å². The first-order valence-corrected chi connectivity index (χ1v) is 2.41. The second-order valence-corrected chi connectivity index (χ2v) is 1.49. The summed E-state index contributed by atoms with van der Waals surface area (Å²) in [5.41, 5.74) is 0. The van der Waals surface area contributed by atoms with Crippen molar-refractivity contribution in [2.24, 2.45) is 0 Å². The second-order valence-electron chi connectivity index (χ2n) is 1.49. The lowest BCUT2D eigenvalue weighted by atomic mass is 10.7. The first kappa shape index (κ1) is 6.66. The van der Waals surface area contributed by atoms with E-state index in [2.05, 4.69) is 14.2 Å². The van der Waals surface area contributed by atoms with Crippen molar-refractivity contribution in [3.8, 4) is 0 Å². The molecule has 6 nitrogen and oxygen atoms in total. The predicted molar refractivity (Wildman–Crippen MR) is 25.3 cm³/mol. The summed E-state index contributed by atoms with van der Waals surface area (Å²) < 4.78 is 12.5. The van der Waals surface area contributed by atoms with Crippen molar-refractivity contribution in [1.82, 2.24) is 0 Å². The summed E-state index contributed by atoms with van der Waals surface area (Å²) in [5, 5.41) is 7.99. The molecule has 6 heteroatoms. The third kappa shape index (κ3) is 1.51. The minimum atomic E-state index is -1.50. The molecular formula is C4H4O6. The topological polar surface area (TPSA) is 82.1 Å². The molecule has 1 N–H and O–H groups in total. The minimum Gasteiger partial charge on any atom is -0.450 e. The van der Waals surface area contributed by atoms with Gasteiger partial charge >= 0.3 is 12.3 Å². The molecule has 1 unspecified atom stereocenters. The number of cyclic esters (lactones) is 2. The van der Waals surface area contributed by atoms with E-state index in [1.54, 1.807) is 0 Å². The maximum Gasteiger partial charge on any atom is 0.511 e. The summed E-state index contributed by atoms with van der Waals surface area (Å²) in [7, 11) is 0. The number of ether oxygens (including phenoxy) is 3. The Hall–Kier alpha value is -1.46. The van der Waals surface area contributed by atoms with E-state index in [0.717, 1.165) is 0 Å². The van der Waals surface area contributed by atoms with Crippen LogP contribution in [0, 0.1) is 0 Å². The Balaban J connectivity index is 2.31. The molecule has 1 atom stereocenters. The molecule has 1 rings (SSSR count). The smallest absolute Gasteiger partial charge is 0.450 e. The van der Waals surface area contributed by atoms with Gasteiger partial charge in [0.2, 0.25) is 0 Å². The lowest BCUT2D eigenvalue weighted by molar-refractivity contribution is -0.0507. The molecule has 0 amide bonds. The zero-order valence-electron chi connectivity index (χ0n) is 4.77. The van der Waals surface area contributed by atoms with Gasteiger partial charge in [-0.1, -0.05) is 0 Å². The molecule has 0 bridgehead atoms. The molecule has 1 saturated heterocycles. The van der Waals surface area contributed by atoms with Crippen molar-refractivity contribution in [3.05, 3.63) is 0 Å².